The Kier molecular flexibility index (Phi) is 6.01. The molecule has 0 saturated heterocycles. The molecule has 0 unspecified atom stereocenters. The summed E-state index contributed by atoms with van der Waals surface area (Å²) in [5.74, 6) is 1.34. The lowest BCUT2D eigenvalue weighted by atomic mass is 10.1. The fourth-order valence-electron chi connectivity index (χ4n) is 2.43. The largest absolute Gasteiger partial charge is 0.497 e. The Morgan fingerprint density at radius 1 is 1.30 bits per heavy atom. The summed E-state index contributed by atoms with van der Waals surface area (Å²) in [5, 5.41) is 18.0. The molecule has 0 aliphatic rings. The van der Waals surface area contributed by atoms with Crippen LogP contribution in [0.4, 0.5) is 0 Å². The van der Waals surface area contributed by atoms with Gasteiger partial charge in [-0.2, -0.15) is 5.10 Å². The van der Waals surface area contributed by atoms with E-state index in [0.29, 0.717) is 23.6 Å². The van der Waals surface area contributed by atoms with Crippen molar-refractivity contribution in [3.05, 3.63) is 41.7 Å². The maximum Gasteiger partial charge on any atom is 0.124 e. The van der Waals surface area contributed by atoms with Gasteiger partial charge in [0.05, 0.1) is 33.1 Å². The molecule has 2 N–H and O–H groups in total. The number of aliphatic hydroxyl groups is 1. The number of nitrogens with one attached hydrogen (secondary N) is 1. The molecule has 0 aliphatic carbocycles. The van der Waals surface area contributed by atoms with Crippen LogP contribution in [0.5, 0.6) is 11.5 Å². The fraction of sp³-hybridized carbons (Fsp3) is 0.471. The van der Waals surface area contributed by atoms with E-state index in [1.54, 1.807) is 26.4 Å². The second kappa shape index (κ2) is 7.99. The summed E-state index contributed by atoms with van der Waals surface area (Å²) < 4.78 is 12.4. The van der Waals surface area contributed by atoms with E-state index in [1.165, 1.54) is 0 Å². The molecule has 126 valence electrons. The van der Waals surface area contributed by atoms with E-state index in [4.69, 9.17) is 9.47 Å². The number of hydrogen-bond acceptors (Lipinski definition) is 5. The highest BCUT2D eigenvalue weighted by molar-refractivity contribution is 5.41. The van der Waals surface area contributed by atoms with Crippen molar-refractivity contribution in [2.45, 2.75) is 32.5 Å². The molecule has 6 heteroatoms. The van der Waals surface area contributed by atoms with Crippen molar-refractivity contribution in [1.82, 2.24) is 15.1 Å². The van der Waals surface area contributed by atoms with Crippen molar-refractivity contribution >= 4 is 0 Å². The maximum absolute atomic E-state index is 10.5. The van der Waals surface area contributed by atoms with E-state index in [0.717, 1.165) is 12.1 Å². The molecule has 1 aromatic heterocycles. The number of hydrogen-bond donors (Lipinski definition) is 2. The smallest absolute Gasteiger partial charge is 0.124 e. The topological polar surface area (TPSA) is 68.5 Å². The number of benzene rings is 1. The van der Waals surface area contributed by atoms with E-state index in [-0.39, 0.29) is 6.04 Å². The first-order chi connectivity index (χ1) is 11.0. The Hall–Kier alpha value is -2.05. The molecule has 0 amide bonds. The van der Waals surface area contributed by atoms with E-state index in [9.17, 15) is 5.11 Å². The number of rotatable bonds is 8. The summed E-state index contributed by atoms with van der Waals surface area (Å²) in [6.07, 6.45) is 3.16. The first kappa shape index (κ1) is 17.3. The van der Waals surface area contributed by atoms with Crippen molar-refractivity contribution < 1.29 is 14.6 Å². The molecular formula is C17H25N3O3. The van der Waals surface area contributed by atoms with Gasteiger partial charge < -0.3 is 19.9 Å². The summed E-state index contributed by atoms with van der Waals surface area (Å²) >= 11 is 0. The molecule has 0 aliphatic heterocycles. The third kappa shape index (κ3) is 4.71. The molecule has 0 spiro atoms. The van der Waals surface area contributed by atoms with Crippen molar-refractivity contribution in [3.8, 4) is 11.5 Å². The van der Waals surface area contributed by atoms with Crippen LogP contribution in [0, 0.1) is 6.92 Å². The summed E-state index contributed by atoms with van der Waals surface area (Å²) in [4.78, 5) is 0. The standard InChI is InChI=1S/C17H25N3O3/c1-12-8-19-20(10-12)11-13(2)18-9-16(21)15-7-14(22-3)5-6-17(15)23-4/h5-8,10,13,16,18,21H,9,11H2,1-4H3/t13-,16+/m0/s1. The Labute approximate surface area is 137 Å². The average Bonchev–Trinajstić information content (AvgIpc) is 2.96. The number of nitrogens with zero attached hydrogens (tertiary/aromatic N) is 2. The Balaban J connectivity index is 1.94. The summed E-state index contributed by atoms with van der Waals surface area (Å²) in [6.45, 7) is 5.24. The number of aliphatic hydroxyl groups excluding tert-OH is 1. The van der Waals surface area contributed by atoms with Crippen LogP contribution in [0.3, 0.4) is 0 Å². The second-order valence-electron chi connectivity index (χ2n) is 5.67. The Morgan fingerprint density at radius 2 is 2.09 bits per heavy atom. The van der Waals surface area contributed by atoms with Crippen LogP contribution >= 0.6 is 0 Å². The predicted molar refractivity (Wildman–Crippen MR) is 88.9 cm³/mol. The van der Waals surface area contributed by atoms with Gasteiger partial charge in [0.2, 0.25) is 0 Å². The molecule has 0 bridgehead atoms. The van der Waals surface area contributed by atoms with Crippen molar-refractivity contribution in [2.24, 2.45) is 0 Å². The number of aryl methyl sites for hydroxylation is 1. The minimum Gasteiger partial charge on any atom is -0.497 e. The van der Waals surface area contributed by atoms with Crippen molar-refractivity contribution in [1.29, 1.82) is 0 Å². The highest BCUT2D eigenvalue weighted by Crippen LogP contribution is 2.29. The highest BCUT2D eigenvalue weighted by atomic mass is 16.5. The van der Waals surface area contributed by atoms with Crippen LogP contribution in [-0.4, -0.2) is 41.7 Å². The van der Waals surface area contributed by atoms with Gasteiger partial charge in [-0.3, -0.25) is 4.68 Å². The van der Waals surface area contributed by atoms with E-state index < -0.39 is 6.10 Å². The third-order valence-corrected chi connectivity index (χ3v) is 3.68. The molecule has 1 aromatic carbocycles. The number of aromatic nitrogens is 2. The minimum absolute atomic E-state index is 0.181. The van der Waals surface area contributed by atoms with E-state index >= 15 is 0 Å². The zero-order chi connectivity index (χ0) is 16.8. The summed E-state index contributed by atoms with van der Waals surface area (Å²) in [5.41, 5.74) is 1.85. The summed E-state index contributed by atoms with van der Waals surface area (Å²) in [7, 11) is 3.19. The first-order valence-corrected chi connectivity index (χ1v) is 7.66. The van der Waals surface area contributed by atoms with Gasteiger partial charge in [-0.25, -0.2) is 0 Å². The van der Waals surface area contributed by atoms with Gasteiger partial charge in [-0.05, 0) is 37.6 Å². The van der Waals surface area contributed by atoms with Crippen LogP contribution in [0.15, 0.2) is 30.6 Å². The SMILES string of the molecule is COc1ccc(OC)c([C@H](O)CN[C@@H](C)Cn2cc(C)cn2)c1. The molecule has 2 aromatic rings. The molecular weight excluding hydrogens is 294 g/mol. The molecule has 0 radical (unpaired) electrons. The van der Waals surface area contributed by atoms with Crippen LogP contribution < -0.4 is 14.8 Å². The Morgan fingerprint density at radius 3 is 2.70 bits per heavy atom. The first-order valence-electron chi connectivity index (χ1n) is 7.66. The number of methoxy groups -OCH3 is 2. The molecule has 2 rings (SSSR count). The van der Waals surface area contributed by atoms with Crippen LogP contribution in [0.1, 0.15) is 24.2 Å². The van der Waals surface area contributed by atoms with Gasteiger partial charge >= 0.3 is 0 Å². The maximum atomic E-state index is 10.5. The van der Waals surface area contributed by atoms with Gasteiger partial charge in [-0.1, -0.05) is 0 Å². The van der Waals surface area contributed by atoms with Crippen LogP contribution in [0.25, 0.3) is 0 Å². The van der Waals surface area contributed by atoms with Gasteiger partial charge in [-0.15, -0.1) is 0 Å². The quantitative estimate of drug-likeness (QED) is 0.778. The zero-order valence-corrected chi connectivity index (χ0v) is 14.1. The average molecular weight is 319 g/mol. The zero-order valence-electron chi connectivity index (χ0n) is 14.1. The fourth-order valence-corrected chi connectivity index (χ4v) is 2.43. The van der Waals surface area contributed by atoms with Gasteiger partial charge in [0.1, 0.15) is 11.5 Å². The third-order valence-electron chi connectivity index (χ3n) is 3.68. The van der Waals surface area contributed by atoms with Gasteiger partial charge in [0.25, 0.3) is 0 Å². The van der Waals surface area contributed by atoms with Crippen LogP contribution in [-0.2, 0) is 6.54 Å². The number of ether oxygens (including phenoxy) is 2. The molecule has 23 heavy (non-hydrogen) atoms. The molecule has 1 heterocycles. The lowest BCUT2D eigenvalue weighted by molar-refractivity contribution is 0.164. The second-order valence-corrected chi connectivity index (χ2v) is 5.67. The molecule has 2 atom stereocenters. The highest BCUT2D eigenvalue weighted by Gasteiger charge is 2.15. The predicted octanol–water partition coefficient (Wildman–Crippen LogP) is 1.92. The Bertz CT molecular complexity index is 627. The van der Waals surface area contributed by atoms with Gasteiger partial charge in [0.15, 0.2) is 0 Å². The van der Waals surface area contributed by atoms with Crippen LogP contribution in [0.2, 0.25) is 0 Å². The van der Waals surface area contributed by atoms with E-state index in [2.05, 4.69) is 17.3 Å². The van der Waals surface area contributed by atoms with Crippen molar-refractivity contribution in [2.75, 3.05) is 20.8 Å². The minimum atomic E-state index is -0.679. The van der Waals surface area contributed by atoms with Gasteiger partial charge in [0, 0.05) is 24.3 Å². The summed E-state index contributed by atoms with van der Waals surface area (Å²) in [6, 6.07) is 5.59. The normalized spacial score (nSPS) is 13.6. The lowest BCUT2D eigenvalue weighted by Crippen LogP contribution is -2.34. The molecule has 6 nitrogen and oxygen atoms in total. The molecule has 0 fully saturated rings. The molecule has 0 saturated carbocycles. The van der Waals surface area contributed by atoms with E-state index in [1.807, 2.05) is 30.1 Å². The lowest BCUT2D eigenvalue weighted by Gasteiger charge is -2.19. The monoisotopic (exact) mass is 319 g/mol. The van der Waals surface area contributed by atoms with Crippen molar-refractivity contribution in [3.63, 3.8) is 0 Å².